The van der Waals surface area contributed by atoms with E-state index in [1.54, 1.807) is 47.4 Å². The molecule has 0 aliphatic rings. The van der Waals surface area contributed by atoms with Crippen LogP contribution in [0, 0.1) is 0 Å². The van der Waals surface area contributed by atoms with Crippen LogP contribution in [0.3, 0.4) is 0 Å². The summed E-state index contributed by atoms with van der Waals surface area (Å²) in [4.78, 5) is 24.7. The topological polar surface area (TPSA) is 86.2 Å². The van der Waals surface area contributed by atoms with Gasteiger partial charge < -0.3 is 5.32 Å². The molecule has 3 heterocycles. The van der Waals surface area contributed by atoms with E-state index in [1.165, 1.54) is 4.40 Å². The zero-order valence-electron chi connectivity index (χ0n) is 14.1. The Labute approximate surface area is 158 Å². The number of nitrogens with zero attached hydrogens (tertiary/aromatic N) is 5. The van der Waals surface area contributed by atoms with Gasteiger partial charge in [0.25, 0.3) is 0 Å². The van der Waals surface area contributed by atoms with Crippen LogP contribution in [0.4, 0.5) is 5.82 Å². The fourth-order valence-corrected chi connectivity index (χ4v) is 2.94. The van der Waals surface area contributed by atoms with Crippen LogP contribution in [-0.2, 0) is 17.9 Å². The number of halogens is 1. The predicted molar refractivity (Wildman–Crippen MR) is 101 cm³/mol. The van der Waals surface area contributed by atoms with Crippen molar-refractivity contribution in [3.8, 4) is 0 Å². The number of pyridine rings is 1. The standard InChI is InChI=1S/C18H15ClN6O2/c19-14-6-2-1-5-13(14)11-24-15(8-9-20-24)21-17(26)12-25-18(27)23-10-4-3-7-16(23)22-25/h1-10H,11-12H2,(H,21,26). The lowest BCUT2D eigenvalue weighted by Crippen LogP contribution is -2.28. The SMILES string of the molecule is O=C(Cn1nc2ccccn2c1=O)Nc1ccnn1Cc1ccccc1Cl. The van der Waals surface area contributed by atoms with E-state index >= 15 is 0 Å². The second kappa shape index (κ2) is 7.08. The van der Waals surface area contributed by atoms with Crippen molar-refractivity contribution in [3.05, 3.63) is 82.0 Å². The maximum Gasteiger partial charge on any atom is 0.350 e. The van der Waals surface area contributed by atoms with Crippen LogP contribution in [0.2, 0.25) is 5.02 Å². The summed E-state index contributed by atoms with van der Waals surface area (Å²) in [5.41, 5.74) is 0.999. The smallest absolute Gasteiger partial charge is 0.309 e. The van der Waals surface area contributed by atoms with Crippen molar-refractivity contribution in [2.24, 2.45) is 0 Å². The Bertz CT molecular complexity index is 1180. The molecule has 8 nitrogen and oxygen atoms in total. The van der Waals surface area contributed by atoms with E-state index in [4.69, 9.17) is 11.6 Å². The molecule has 1 aromatic carbocycles. The molecule has 9 heteroatoms. The molecule has 0 saturated carbocycles. The third kappa shape index (κ3) is 3.47. The minimum atomic E-state index is -0.374. The Kier molecular flexibility index (Phi) is 4.47. The third-order valence-electron chi connectivity index (χ3n) is 4.04. The fourth-order valence-electron chi connectivity index (χ4n) is 2.74. The van der Waals surface area contributed by atoms with Gasteiger partial charge in [-0.05, 0) is 23.8 Å². The summed E-state index contributed by atoms with van der Waals surface area (Å²) < 4.78 is 4.14. The van der Waals surface area contributed by atoms with Crippen LogP contribution in [0.15, 0.2) is 65.7 Å². The summed E-state index contributed by atoms with van der Waals surface area (Å²) in [7, 11) is 0. The highest BCUT2D eigenvalue weighted by atomic mass is 35.5. The first kappa shape index (κ1) is 17.0. The van der Waals surface area contributed by atoms with Crippen molar-refractivity contribution < 1.29 is 4.79 Å². The van der Waals surface area contributed by atoms with Crippen molar-refractivity contribution in [2.75, 3.05) is 5.32 Å². The number of hydrogen-bond donors (Lipinski definition) is 1. The lowest BCUT2D eigenvalue weighted by Gasteiger charge is -2.10. The summed E-state index contributed by atoms with van der Waals surface area (Å²) in [5, 5.41) is 11.8. The van der Waals surface area contributed by atoms with E-state index in [1.807, 2.05) is 18.2 Å². The Morgan fingerprint density at radius 1 is 1.07 bits per heavy atom. The highest BCUT2D eigenvalue weighted by Crippen LogP contribution is 2.18. The van der Waals surface area contributed by atoms with Gasteiger partial charge in [0.2, 0.25) is 5.91 Å². The maximum atomic E-state index is 12.4. The van der Waals surface area contributed by atoms with Crippen molar-refractivity contribution in [1.29, 1.82) is 0 Å². The first-order valence-corrected chi connectivity index (χ1v) is 8.59. The molecule has 1 N–H and O–H groups in total. The number of hydrogen-bond acceptors (Lipinski definition) is 4. The molecule has 4 rings (SSSR count). The van der Waals surface area contributed by atoms with Crippen LogP contribution in [0.5, 0.6) is 0 Å². The second-order valence-corrected chi connectivity index (χ2v) is 6.29. The van der Waals surface area contributed by atoms with E-state index < -0.39 is 0 Å². The lowest BCUT2D eigenvalue weighted by atomic mass is 10.2. The second-order valence-electron chi connectivity index (χ2n) is 5.88. The van der Waals surface area contributed by atoms with E-state index in [9.17, 15) is 9.59 Å². The highest BCUT2D eigenvalue weighted by molar-refractivity contribution is 6.31. The van der Waals surface area contributed by atoms with Crippen LogP contribution >= 0.6 is 11.6 Å². The molecule has 0 aliphatic heterocycles. The van der Waals surface area contributed by atoms with Gasteiger partial charge in [-0.15, -0.1) is 5.10 Å². The van der Waals surface area contributed by atoms with Crippen molar-refractivity contribution >= 4 is 29.0 Å². The van der Waals surface area contributed by atoms with Crippen LogP contribution in [-0.4, -0.2) is 29.9 Å². The largest absolute Gasteiger partial charge is 0.350 e. The van der Waals surface area contributed by atoms with Crippen molar-refractivity contribution in [3.63, 3.8) is 0 Å². The van der Waals surface area contributed by atoms with E-state index in [-0.39, 0.29) is 18.1 Å². The summed E-state index contributed by atoms with van der Waals surface area (Å²) >= 11 is 6.19. The molecule has 0 saturated heterocycles. The molecule has 0 unspecified atom stereocenters. The minimum absolute atomic E-state index is 0.197. The van der Waals surface area contributed by atoms with Crippen molar-refractivity contribution in [2.45, 2.75) is 13.1 Å². The van der Waals surface area contributed by atoms with E-state index in [0.717, 1.165) is 10.2 Å². The molecule has 0 radical (unpaired) electrons. The molecule has 0 aliphatic carbocycles. The predicted octanol–water partition coefficient (Wildman–Crippen LogP) is 2.03. The summed E-state index contributed by atoms with van der Waals surface area (Å²) in [5.74, 6) is 0.137. The Morgan fingerprint density at radius 2 is 1.89 bits per heavy atom. The molecule has 3 aromatic heterocycles. The molecule has 0 bridgehead atoms. The van der Waals surface area contributed by atoms with Gasteiger partial charge in [-0.1, -0.05) is 35.9 Å². The molecule has 0 spiro atoms. The van der Waals surface area contributed by atoms with Gasteiger partial charge in [-0.2, -0.15) is 5.10 Å². The molecular weight excluding hydrogens is 368 g/mol. The Morgan fingerprint density at radius 3 is 2.70 bits per heavy atom. The highest BCUT2D eigenvalue weighted by Gasteiger charge is 2.13. The van der Waals surface area contributed by atoms with Gasteiger partial charge in [-0.25, -0.2) is 14.2 Å². The van der Waals surface area contributed by atoms with Crippen LogP contribution < -0.4 is 11.0 Å². The fraction of sp³-hybridized carbons (Fsp3) is 0.111. The first-order valence-electron chi connectivity index (χ1n) is 8.21. The zero-order valence-corrected chi connectivity index (χ0v) is 14.9. The van der Waals surface area contributed by atoms with Crippen LogP contribution in [0.25, 0.3) is 5.65 Å². The van der Waals surface area contributed by atoms with Crippen molar-refractivity contribution in [1.82, 2.24) is 24.0 Å². The number of aromatic nitrogens is 5. The molecule has 0 fully saturated rings. The molecule has 0 atom stereocenters. The number of fused-ring (bicyclic) bond motifs is 1. The Balaban J connectivity index is 1.50. The number of carbonyl (C=O) groups is 1. The quantitative estimate of drug-likeness (QED) is 0.572. The van der Waals surface area contributed by atoms with Gasteiger partial charge in [0.05, 0.1) is 12.7 Å². The Hall–Kier alpha value is -3.39. The number of carbonyl (C=O) groups excluding carboxylic acids is 1. The van der Waals surface area contributed by atoms with Gasteiger partial charge in [-0.3, -0.25) is 9.20 Å². The first-order chi connectivity index (χ1) is 13.1. The molecule has 4 aromatic rings. The van der Waals surface area contributed by atoms with E-state index in [2.05, 4.69) is 15.5 Å². The molecule has 1 amide bonds. The minimum Gasteiger partial charge on any atom is -0.309 e. The zero-order chi connectivity index (χ0) is 18.8. The number of rotatable bonds is 5. The summed E-state index contributed by atoms with van der Waals surface area (Å²) in [6.45, 7) is 0.217. The summed E-state index contributed by atoms with van der Waals surface area (Å²) in [6, 6.07) is 14.3. The third-order valence-corrected chi connectivity index (χ3v) is 4.41. The normalized spacial score (nSPS) is 11.0. The molecule has 136 valence electrons. The van der Waals surface area contributed by atoms with Gasteiger partial charge in [0.1, 0.15) is 12.4 Å². The van der Waals surface area contributed by atoms with Gasteiger partial charge in [0.15, 0.2) is 5.65 Å². The van der Waals surface area contributed by atoms with E-state index in [0.29, 0.717) is 23.0 Å². The van der Waals surface area contributed by atoms with Crippen LogP contribution in [0.1, 0.15) is 5.56 Å². The number of nitrogens with one attached hydrogen (secondary N) is 1. The average Bonchev–Trinajstić information content (AvgIpc) is 3.22. The summed E-state index contributed by atoms with van der Waals surface area (Å²) in [6.07, 6.45) is 3.20. The monoisotopic (exact) mass is 382 g/mol. The lowest BCUT2D eigenvalue weighted by molar-refractivity contribution is -0.117. The van der Waals surface area contributed by atoms with Gasteiger partial charge >= 0.3 is 5.69 Å². The van der Waals surface area contributed by atoms with Gasteiger partial charge in [0, 0.05) is 17.3 Å². The molecular formula is C18H15ClN6O2. The number of amides is 1. The molecule has 27 heavy (non-hydrogen) atoms. The maximum absolute atomic E-state index is 12.4. The average molecular weight is 383 g/mol. The number of benzene rings is 1. The number of anilines is 1.